The molecule has 23 heavy (non-hydrogen) atoms. The number of nitro benzene ring substituents is 2. The van der Waals surface area contributed by atoms with Crippen LogP contribution in [-0.2, 0) is 9.53 Å². The van der Waals surface area contributed by atoms with E-state index < -0.39 is 33.8 Å². The smallest absolute Gasteiger partial charge is 0.344 e. The summed E-state index contributed by atoms with van der Waals surface area (Å²) in [6.45, 7) is -0.477. The van der Waals surface area contributed by atoms with Crippen LogP contribution >= 0.6 is 0 Å². The number of rotatable bonds is 6. The van der Waals surface area contributed by atoms with E-state index >= 15 is 0 Å². The zero-order chi connectivity index (χ0) is 16.8. The van der Waals surface area contributed by atoms with Crippen LogP contribution in [0.4, 0.5) is 11.4 Å². The summed E-state index contributed by atoms with van der Waals surface area (Å²) >= 11 is 0. The minimum atomic E-state index is -0.797. The van der Waals surface area contributed by atoms with Gasteiger partial charge < -0.3 is 9.47 Å². The number of carbonyl (C=O) groups is 1. The summed E-state index contributed by atoms with van der Waals surface area (Å²) in [6.07, 6.45) is 4.62. The molecule has 0 spiro atoms. The fourth-order valence-corrected chi connectivity index (χ4v) is 2.42. The lowest BCUT2D eigenvalue weighted by Gasteiger charge is -2.21. The van der Waals surface area contributed by atoms with Crippen molar-refractivity contribution in [2.45, 2.75) is 38.2 Å². The van der Waals surface area contributed by atoms with Crippen molar-refractivity contribution < 1.29 is 24.1 Å². The second kappa shape index (κ2) is 7.52. The Morgan fingerprint density at radius 3 is 2.43 bits per heavy atom. The van der Waals surface area contributed by atoms with E-state index in [-0.39, 0.29) is 11.9 Å². The molecule has 0 amide bonds. The molecule has 9 heteroatoms. The van der Waals surface area contributed by atoms with E-state index in [2.05, 4.69) is 0 Å². The van der Waals surface area contributed by atoms with E-state index in [4.69, 9.17) is 9.47 Å². The van der Waals surface area contributed by atoms with E-state index in [0.29, 0.717) is 0 Å². The molecule has 1 saturated carbocycles. The number of ether oxygens (including phenoxy) is 2. The molecular weight excluding hydrogens is 308 g/mol. The van der Waals surface area contributed by atoms with Gasteiger partial charge in [-0.25, -0.2) is 4.79 Å². The Morgan fingerprint density at radius 2 is 1.83 bits per heavy atom. The van der Waals surface area contributed by atoms with E-state index in [9.17, 15) is 25.0 Å². The van der Waals surface area contributed by atoms with Crippen LogP contribution in [0.25, 0.3) is 0 Å². The standard InChI is InChI=1S/C14H16N2O7/c17-14(23-11-4-2-1-3-5-11)9-22-13-7-6-10(15(18)19)8-12(13)16(20)21/h6-8,11H,1-5,9H2. The Hall–Kier alpha value is -2.71. The molecule has 0 bridgehead atoms. The fourth-order valence-electron chi connectivity index (χ4n) is 2.42. The molecule has 0 atom stereocenters. The van der Waals surface area contributed by atoms with E-state index in [1.54, 1.807) is 0 Å². The van der Waals surface area contributed by atoms with Gasteiger partial charge in [-0.1, -0.05) is 6.42 Å². The van der Waals surface area contributed by atoms with Crippen LogP contribution in [-0.4, -0.2) is 28.5 Å². The largest absolute Gasteiger partial charge is 0.475 e. The zero-order valence-corrected chi connectivity index (χ0v) is 12.3. The normalized spacial score (nSPS) is 15.0. The van der Waals surface area contributed by atoms with Crippen LogP contribution in [0.15, 0.2) is 18.2 Å². The lowest BCUT2D eigenvalue weighted by atomic mass is 9.98. The third-order valence-electron chi connectivity index (χ3n) is 3.55. The van der Waals surface area contributed by atoms with E-state index in [0.717, 1.165) is 50.3 Å². The minimum absolute atomic E-state index is 0.133. The summed E-state index contributed by atoms with van der Waals surface area (Å²) in [5.41, 5.74) is -0.988. The number of nitro groups is 2. The van der Waals surface area contributed by atoms with Gasteiger partial charge in [-0.15, -0.1) is 0 Å². The number of hydrogen-bond donors (Lipinski definition) is 0. The fraction of sp³-hybridized carbons (Fsp3) is 0.500. The monoisotopic (exact) mass is 324 g/mol. The minimum Gasteiger partial charge on any atom is -0.475 e. The second-order valence-electron chi connectivity index (χ2n) is 5.20. The first kappa shape index (κ1) is 16.7. The molecule has 1 fully saturated rings. The average Bonchev–Trinajstić information content (AvgIpc) is 2.53. The summed E-state index contributed by atoms with van der Waals surface area (Å²) in [6, 6.07) is 2.97. The average molecular weight is 324 g/mol. The predicted molar refractivity (Wildman–Crippen MR) is 78.2 cm³/mol. The van der Waals surface area contributed by atoms with Crippen molar-refractivity contribution in [2.24, 2.45) is 0 Å². The molecule has 0 unspecified atom stereocenters. The highest BCUT2D eigenvalue weighted by Gasteiger charge is 2.22. The molecule has 1 aliphatic rings. The molecule has 0 radical (unpaired) electrons. The van der Waals surface area contributed by atoms with Gasteiger partial charge in [0.25, 0.3) is 5.69 Å². The highest BCUT2D eigenvalue weighted by atomic mass is 16.6. The van der Waals surface area contributed by atoms with Gasteiger partial charge in [0.05, 0.1) is 15.9 Å². The molecular formula is C14H16N2O7. The summed E-state index contributed by atoms with van der Waals surface area (Å²) in [5, 5.41) is 21.6. The Bertz CT molecular complexity index is 611. The number of hydrogen-bond acceptors (Lipinski definition) is 7. The van der Waals surface area contributed by atoms with Gasteiger partial charge in [0, 0.05) is 6.07 Å². The van der Waals surface area contributed by atoms with Crippen LogP contribution in [0, 0.1) is 20.2 Å². The van der Waals surface area contributed by atoms with E-state index in [1.807, 2.05) is 0 Å². The maximum absolute atomic E-state index is 11.7. The molecule has 0 heterocycles. The molecule has 1 aliphatic carbocycles. The van der Waals surface area contributed by atoms with Crippen LogP contribution in [0.2, 0.25) is 0 Å². The van der Waals surface area contributed by atoms with Gasteiger partial charge in [0.2, 0.25) is 0 Å². The summed E-state index contributed by atoms with van der Waals surface area (Å²) < 4.78 is 10.3. The lowest BCUT2D eigenvalue weighted by Crippen LogP contribution is -2.24. The molecule has 0 aliphatic heterocycles. The molecule has 124 valence electrons. The van der Waals surface area contributed by atoms with Gasteiger partial charge in [-0.2, -0.15) is 0 Å². The lowest BCUT2D eigenvalue weighted by molar-refractivity contribution is -0.394. The Balaban J connectivity index is 1.97. The first-order valence-electron chi connectivity index (χ1n) is 7.22. The van der Waals surface area contributed by atoms with Crippen molar-refractivity contribution in [1.82, 2.24) is 0 Å². The van der Waals surface area contributed by atoms with Gasteiger partial charge in [0.15, 0.2) is 12.4 Å². The van der Waals surface area contributed by atoms with Gasteiger partial charge in [-0.3, -0.25) is 20.2 Å². The summed E-state index contributed by atoms with van der Waals surface area (Å²) in [7, 11) is 0. The number of nitrogens with zero attached hydrogens (tertiary/aromatic N) is 2. The third-order valence-corrected chi connectivity index (χ3v) is 3.55. The molecule has 1 aromatic rings. The number of carbonyl (C=O) groups excluding carboxylic acids is 1. The first-order chi connectivity index (χ1) is 11.0. The predicted octanol–water partition coefficient (Wildman–Crippen LogP) is 2.76. The number of esters is 1. The van der Waals surface area contributed by atoms with Crippen molar-refractivity contribution in [3.05, 3.63) is 38.4 Å². The maximum atomic E-state index is 11.7. The van der Waals surface area contributed by atoms with Crippen molar-refractivity contribution in [3.8, 4) is 5.75 Å². The first-order valence-corrected chi connectivity index (χ1v) is 7.22. The van der Waals surface area contributed by atoms with Gasteiger partial charge in [-0.05, 0) is 31.7 Å². The highest BCUT2D eigenvalue weighted by Crippen LogP contribution is 2.31. The maximum Gasteiger partial charge on any atom is 0.344 e. The second-order valence-corrected chi connectivity index (χ2v) is 5.20. The summed E-state index contributed by atoms with van der Waals surface area (Å²) in [5.74, 6) is -0.814. The Labute approximate surface area is 131 Å². The molecule has 1 aromatic carbocycles. The van der Waals surface area contributed by atoms with Gasteiger partial charge in [0.1, 0.15) is 6.10 Å². The topological polar surface area (TPSA) is 122 Å². The number of non-ortho nitro benzene ring substituents is 1. The molecule has 0 N–H and O–H groups in total. The molecule has 0 aromatic heterocycles. The molecule has 2 rings (SSSR count). The van der Waals surface area contributed by atoms with Crippen molar-refractivity contribution >= 4 is 17.3 Å². The van der Waals surface area contributed by atoms with Crippen LogP contribution in [0.5, 0.6) is 5.75 Å². The SMILES string of the molecule is O=C(COc1ccc([N+](=O)[O-])cc1[N+](=O)[O-])OC1CCCCC1. The zero-order valence-electron chi connectivity index (χ0n) is 12.3. The molecule has 0 saturated heterocycles. The Kier molecular flexibility index (Phi) is 5.45. The van der Waals surface area contributed by atoms with Crippen molar-refractivity contribution in [1.29, 1.82) is 0 Å². The molecule has 9 nitrogen and oxygen atoms in total. The van der Waals surface area contributed by atoms with E-state index in [1.165, 1.54) is 0 Å². The summed E-state index contributed by atoms with van der Waals surface area (Å²) in [4.78, 5) is 31.8. The van der Waals surface area contributed by atoms with Crippen LogP contribution < -0.4 is 4.74 Å². The van der Waals surface area contributed by atoms with Gasteiger partial charge >= 0.3 is 11.7 Å². The number of benzene rings is 1. The highest BCUT2D eigenvalue weighted by molar-refractivity contribution is 5.71. The van der Waals surface area contributed by atoms with Crippen molar-refractivity contribution in [3.63, 3.8) is 0 Å². The Morgan fingerprint density at radius 1 is 1.13 bits per heavy atom. The van der Waals surface area contributed by atoms with Crippen molar-refractivity contribution in [2.75, 3.05) is 6.61 Å². The van der Waals surface area contributed by atoms with Crippen LogP contribution in [0.1, 0.15) is 32.1 Å². The third kappa shape index (κ3) is 4.63. The van der Waals surface area contributed by atoms with Crippen LogP contribution in [0.3, 0.4) is 0 Å². The quantitative estimate of drug-likeness (QED) is 0.448.